The lowest BCUT2D eigenvalue weighted by Gasteiger charge is -2.45. The molecule has 1 N–H and O–H groups in total. The van der Waals surface area contributed by atoms with Gasteiger partial charge in [-0.25, -0.2) is 0 Å². The molecule has 0 aliphatic carbocycles. The minimum atomic E-state index is -0.819. The van der Waals surface area contributed by atoms with Gasteiger partial charge >= 0.3 is 0 Å². The molecule has 1 aliphatic rings. The molecule has 0 saturated carbocycles. The van der Waals surface area contributed by atoms with Crippen molar-refractivity contribution in [1.82, 2.24) is 10.2 Å². The Morgan fingerprint density at radius 1 is 1.35 bits per heavy atom. The number of ether oxygens (including phenoxy) is 1. The van der Waals surface area contributed by atoms with Crippen LogP contribution in [-0.2, 0) is 14.3 Å². The molecule has 0 aromatic rings. The normalized spacial score (nSPS) is 22.9. The van der Waals surface area contributed by atoms with E-state index in [0.29, 0.717) is 19.6 Å². The van der Waals surface area contributed by atoms with Crippen LogP contribution in [0.4, 0.5) is 0 Å². The number of hydrogen-bond donors (Lipinski definition) is 1. The number of nitrogens with one attached hydrogen (secondary N) is 1. The van der Waals surface area contributed by atoms with E-state index >= 15 is 0 Å². The van der Waals surface area contributed by atoms with Crippen LogP contribution in [-0.4, -0.2) is 48.6 Å². The van der Waals surface area contributed by atoms with E-state index in [2.05, 4.69) is 19.2 Å². The molecule has 0 aromatic heterocycles. The van der Waals surface area contributed by atoms with E-state index in [1.807, 2.05) is 6.92 Å². The summed E-state index contributed by atoms with van der Waals surface area (Å²) in [5.41, 5.74) is -0.896. The fraction of sp³-hybridized carbons (Fsp3) is 0.867. The number of carbonyl (C=O) groups is 2. The summed E-state index contributed by atoms with van der Waals surface area (Å²) in [5, 5.41) is 2.81. The molecule has 116 valence electrons. The lowest BCUT2D eigenvalue weighted by atomic mass is 9.86. The monoisotopic (exact) mass is 284 g/mol. The fourth-order valence-corrected chi connectivity index (χ4v) is 2.59. The van der Waals surface area contributed by atoms with E-state index in [1.165, 1.54) is 0 Å². The lowest BCUT2D eigenvalue weighted by molar-refractivity contribution is -0.155. The van der Waals surface area contributed by atoms with E-state index < -0.39 is 5.54 Å². The van der Waals surface area contributed by atoms with Crippen molar-refractivity contribution >= 4 is 11.8 Å². The van der Waals surface area contributed by atoms with Crippen LogP contribution < -0.4 is 5.32 Å². The summed E-state index contributed by atoms with van der Waals surface area (Å²) in [5.74, 6) is -0.0610. The summed E-state index contributed by atoms with van der Waals surface area (Å²) in [6.45, 7) is 10.9. The highest BCUT2D eigenvalue weighted by Crippen LogP contribution is 2.27. The second-order valence-electron chi connectivity index (χ2n) is 6.88. The molecule has 5 heteroatoms. The van der Waals surface area contributed by atoms with Crippen LogP contribution in [0.2, 0.25) is 0 Å². The lowest BCUT2D eigenvalue weighted by Crippen LogP contribution is -2.68. The first-order valence-electron chi connectivity index (χ1n) is 7.26. The Morgan fingerprint density at radius 2 is 1.95 bits per heavy atom. The molecule has 2 amide bonds. The predicted molar refractivity (Wildman–Crippen MR) is 78.3 cm³/mol. The van der Waals surface area contributed by atoms with E-state index in [9.17, 15) is 9.59 Å². The minimum absolute atomic E-state index is 0.00515. The van der Waals surface area contributed by atoms with E-state index in [4.69, 9.17) is 4.74 Å². The zero-order chi connectivity index (χ0) is 15.6. The van der Waals surface area contributed by atoms with E-state index in [1.54, 1.807) is 25.9 Å². The van der Waals surface area contributed by atoms with Crippen LogP contribution in [0, 0.1) is 5.41 Å². The molecule has 0 aromatic carbocycles. The molecular weight excluding hydrogens is 256 g/mol. The van der Waals surface area contributed by atoms with Gasteiger partial charge in [0.15, 0.2) is 0 Å². The van der Waals surface area contributed by atoms with Gasteiger partial charge in [0.05, 0.1) is 0 Å². The first kappa shape index (κ1) is 17.0. The highest BCUT2D eigenvalue weighted by molar-refractivity contribution is 5.99. The van der Waals surface area contributed by atoms with Crippen molar-refractivity contribution in [2.45, 2.75) is 59.0 Å². The van der Waals surface area contributed by atoms with Crippen molar-refractivity contribution in [3.8, 4) is 0 Å². The van der Waals surface area contributed by atoms with Gasteiger partial charge in [0.1, 0.15) is 11.6 Å². The van der Waals surface area contributed by atoms with Crippen molar-refractivity contribution in [2.24, 2.45) is 5.41 Å². The van der Waals surface area contributed by atoms with Crippen molar-refractivity contribution in [3.05, 3.63) is 0 Å². The third-order valence-electron chi connectivity index (χ3n) is 3.88. The Labute approximate surface area is 122 Å². The summed E-state index contributed by atoms with van der Waals surface area (Å²) in [6, 6.07) is -0.364. The van der Waals surface area contributed by atoms with Crippen LogP contribution in [0.5, 0.6) is 0 Å². The highest BCUT2D eigenvalue weighted by atomic mass is 16.5. The molecule has 1 aliphatic heterocycles. The van der Waals surface area contributed by atoms with Gasteiger partial charge in [0.25, 0.3) is 0 Å². The largest absolute Gasteiger partial charge is 0.385 e. The second kappa shape index (κ2) is 6.12. The average Bonchev–Trinajstić information content (AvgIpc) is 2.33. The summed E-state index contributed by atoms with van der Waals surface area (Å²) < 4.78 is 5.13. The zero-order valence-electron chi connectivity index (χ0n) is 13.6. The van der Waals surface area contributed by atoms with Crippen molar-refractivity contribution in [3.63, 3.8) is 0 Å². The van der Waals surface area contributed by atoms with Crippen molar-refractivity contribution in [2.75, 3.05) is 20.3 Å². The maximum atomic E-state index is 12.6. The standard InChI is InChI=1S/C15H28N2O3/c1-7-11-12(18)16-15(4,5)13(19)17(11)10-14(2,3)8-9-20-6/h11H,7-10H2,1-6H3,(H,16,18). The summed E-state index contributed by atoms with van der Waals surface area (Å²) in [6.07, 6.45) is 1.49. The molecule has 5 nitrogen and oxygen atoms in total. The first-order valence-corrected chi connectivity index (χ1v) is 7.26. The molecule has 1 rings (SSSR count). The summed E-state index contributed by atoms with van der Waals surface area (Å²) >= 11 is 0. The molecule has 20 heavy (non-hydrogen) atoms. The molecule has 0 spiro atoms. The van der Waals surface area contributed by atoms with E-state index in [-0.39, 0.29) is 23.3 Å². The first-order chi connectivity index (χ1) is 9.14. The molecule has 1 fully saturated rings. The highest BCUT2D eigenvalue weighted by Gasteiger charge is 2.45. The number of hydrogen-bond acceptors (Lipinski definition) is 3. The minimum Gasteiger partial charge on any atom is -0.385 e. The topological polar surface area (TPSA) is 58.6 Å². The van der Waals surface area contributed by atoms with Gasteiger partial charge < -0.3 is 15.0 Å². The molecule has 1 atom stereocenters. The fourth-order valence-electron chi connectivity index (χ4n) is 2.59. The molecular formula is C15H28N2O3. The number of amides is 2. The SMILES string of the molecule is CCC1C(=O)NC(C)(C)C(=O)N1CC(C)(C)CCOC. The molecule has 1 heterocycles. The van der Waals surface area contributed by atoms with Gasteiger partial charge in [-0.1, -0.05) is 20.8 Å². The Kier molecular flexibility index (Phi) is 5.19. The maximum Gasteiger partial charge on any atom is 0.248 e. The molecule has 0 radical (unpaired) electrons. The second-order valence-corrected chi connectivity index (χ2v) is 6.88. The average molecular weight is 284 g/mol. The van der Waals surface area contributed by atoms with Gasteiger partial charge in [-0.3, -0.25) is 9.59 Å². The molecule has 1 unspecified atom stereocenters. The number of rotatable bonds is 6. The third kappa shape index (κ3) is 3.72. The van der Waals surface area contributed by atoms with Crippen LogP contribution in [0.1, 0.15) is 47.5 Å². The van der Waals surface area contributed by atoms with Crippen LogP contribution in [0.3, 0.4) is 0 Å². The van der Waals surface area contributed by atoms with Crippen LogP contribution >= 0.6 is 0 Å². The van der Waals surface area contributed by atoms with Crippen LogP contribution in [0.15, 0.2) is 0 Å². The quantitative estimate of drug-likeness (QED) is 0.805. The summed E-state index contributed by atoms with van der Waals surface area (Å²) in [4.78, 5) is 26.5. The number of carbonyl (C=O) groups excluding carboxylic acids is 2. The Bertz CT molecular complexity index is 377. The summed E-state index contributed by atoms with van der Waals surface area (Å²) in [7, 11) is 1.67. The zero-order valence-corrected chi connectivity index (χ0v) is 13.6. The Morgan fingerprint density at radius 3 is 2.45 bits per heavy atom. The van der Waals surface area contributed by atoms with Crippen molar-refractivity contribution < 1.29 is 14.3 Å². The van der Waals surface area contributed by atoms with Gasteiger partial charge in [0.2, 0.25) is 11.8 Å². The number of methoxy groups -OCH3 is 1. The van der Waals surface area contributed by atoms with Gasteiger partial charge in [-0.2, -0.15) is 0 Å². The number of nitrogens with zero attached hydrogens (tertiary/aromatic N) is 1. The number of piperazine rings is 1. The Hall–Kier alpha value is -1.10. The predicted octanol–water partition coefficient (Wildman–Crippen LogP) is 1.56. The van der Waals surface area contributed by atoms with Crippen molar-refractivity contribution in [1.29, 1.82) is 0 Å². The third-order valence-corrected chi connectivity index (χ3v) is 3.88. The molecule has 1 saturated heterocycles. The van der Waals surface area contributed by atoms with Gasteiger partial charge in [0, 0.05) is 20.3 Å². The van der Waals surface area contributed by atoms with Gasteiger partial charge in [-0.15, -0.1) is 0 Å². The smallest absolute Gasteiger partial charge is 0.248 e. The van der Waals surface area contributed by atoms with Crippen LogP contribution in [0.25, 0.3) is 0 Å². The van der Waals surface area contributed by atoms with Gasteiger partial charge in [-0.05, 0) is 32.1 Å². The Balaban J connectivity index is 2.92. The van der Waals surface area contributed by atoms with E-state index in [0.717, 1.165) is 6.42 Å². The molecule has 0 bridgehead atoms. The maximum absolute atomic E-state index is 12.6.